The van der Waals surface area contributed by atoms with Crippen LogP contribution in [0.2, 0.25) is 0 Å². The first-order valence-corrected chi connectivity index (χ1v) is 12.1. The van der Waals surface area contributed by atoms with Crippen molar-refractivity contribution in [3.63, 3.8) is 0 Å². The number of esters is 1. The van der Waals surface area contributed by atoms with Gasteiger partial charge in [-0.15, -0.1) is 0 Å². The van der Waals surface area contributed by atoms with Crippen molar-refractivity contribution in [1.29, 1.82) is 0 Å². The third-order valence-corrected chi connectivity index (χ3v) is 7.22. The van der Waals surface area contributed by atoms with Crippen molar-refractivity contribution in [2.45, 2.75) is 90.0 Å². The molecule has 0 unspecified atom stereocenters. The Kier molecular flexibility index (Phi) is 6.00. The lowest BCUT2D eigenvalue weighted by molar-refractivity contribution is -0.235. The minimum atomic E-state index is -0.993. The second kappa shape index (κ2) is 8.63. The van der Waals surface area contributed by atoms with E-state index in [0.29, 0.717) is 18.5 Å². The number of nitrogens with zero attached hydrogens (tertiary/aromatic N) is 2. The van der Waals surface area contributed by atoms with E-state index in [1.807, 2.05) is 32.0 Å². The van der Waals surface area contributed by atoms with Gasteiger partial charge in [0.2, 0.25) is 5.91 Å². The Balaban J connectivity index is 1.50. The normalized spacial score (nSPS) is 36.1. The van der Waals surface area contributed by atoms with Crippen molar-refractivity contribution < 1.29 is 38.2 Å². The molecule has 4 fully saturated rings. The average Bonchev–Trinajstić information content (AvgIpc) is 3.46. The molecule has 4 aliphatic rings. The highest BCUT2D eigenvalue weighted by Gasteiger charge is 2.67. The molecule has 1 aromatic rings. The summed E-state index contributed by atoms with van der Waals surface area (Å²) in [5.74, 6) is -3.00. The highest BCUT2D eigenvalue weighted by atomic mass is 16.8. The number of fused-ring (bicyclic) bond motifs is 2. The molecular formula is C25H32N2O8. The van der Waals surface area contributed by atoms with Crippen LogP contribution in [0.5, 0.6) is 0 Å². The number of hydrogen-bond donors (Lipinski definition) is 0. The van der Waals surface area contributed by atoms with Gasteiger partial charge in [0, 0.05) is 14.0 Å². The molecule has 0 aromatic heterocycles. The van der Waals surface area contributed by atoms with Crippen LogP contribution in [0.15, 0.2) is 18.2 Å². The number of carbonyl (C=O) groups excluding carboxylic acids is 3. The van der Waals surface area contributed by atoms with Gasteiger partial charge in [-0.3, -0.25) is 19.2 Å². The standard InChI is InChI=1S/C25H32N2O8/c1-7-13-10-9-11-14(8-2)16(13)27-22(29)15-17(26(6)35-18(15)23(27)30)19-20(31-12(3)28)21-24(32-19)34-25(4,5)33-21/h9-11,15,17-21,24H,7-8H2,1-6H3/t15-,17+,18+,19-,20+,21-,24-/m1/s1. The van der Waals surface area contributed by atoms with Crippen molar-refractivity contribution in [2.75, 3.05) is 11.9 Å². The lowest BCUT2D eigenvalue weighted by Gasteiger charge is -2.33. The van der Waals surface area contributed by atoms with Crippen LogP contribution in [0.25, 0.3) is 0 Å². The quantitative estimate of drug-likeness (QED) is 0.453. The molecule has 0 aliphatic carbocycles. The van der Waals surface area contributed by atoms with E-state index in [1.165, 1.54) is 16.9 Å². The van der Waals surface area contributed by atoms with Crippen LogP contribution in [-0.2, 0) is 51.0 Å². The van der Waals surface area contributed by atoms with E-state index >= 15 is 0 Å². The molecule has 5 rings (SSSR count). The maximum Gasteiger partial charge on any atom is 0.303 e. The molecule has 0 saturated carbocycles. The average molecular weight is 489 g/mol. The van der Waals surface area contributed by atoms with Crippen molar-refractivity contribution >= 4 is 23.5 Å². The SMILES string of the molecule is CCc1cccc(CC)c1N1C(=O)[C@@H]2[C@@H]([C@H]3O[C@@H]4OC(C)(C)O[C@@H]4[C@H]3OC(C)=O)N(C)O[C@@H]2C1=O. The third kappa shape index (κ3) is 3.79. The Hall–Kier alpha value is -2.37. The van der Waals surface area contributed by atoms with Crippen LogP contribution in [0.4, 0.5) is 5.69 Å². The summed E-state index contributed by atoms with van der Waals surface area (Å²) in [6.45, 7) is 8.80. The number of likely N-dealkylation sites (N-methyl/N-ethyl adjacent to an activating group) is 1. The smallest absolute Gasteiger partial charge is 0.303 e. The van der Waals surface area contributed by atoms with E-state index in [9.17, 15) is 14.4 Å². The number of benzene rings is 1. The van der Waals surface area contributed by atoms with Gasteiger partial charge in [-0.1, -0.05) is 32.0 Å². The van der Waals surface area contributed by atoms with E-state index in [2.05, 4.69) is 0 Å². The zero-order valence-electron chi connectivity index (χ0n) is 20.8. The molecule has 0 N–H and O–H groups in total. The molecule has 1 aromatic carbocycles. The molecule has 0 radical (unpaired) electrons. The number of carbonyl (C=O) groups is 3. The van der Waals surface area contributed by atoms with Gasteiger partial charge in [0.1, 0.15) is 6.10 Å². The fraction of sp³-hybridized carbons (Fsp3) is 0.640. The summed E-state index contributed by atoms with van der Waals surface area (Å²) in [6, 6.07) is 5.12. The largest absolute Gasteiger partial charge is 0.457 e. The summed E-state index contributed by atoms with van der Waals surface area (Å²) in [7, 11) is 1.65. The van der Waals surface area contributed by atoms with Crippen LogP contribution < -0.4 is 4.90 Å². The lowest BCUT2D eigenvalue weighted by Crippen LogP contribution is -2.51. The first-order chi connectivity index (χ1) is 16.6. The summed E-state index contributed by atoms with van der Waals surface area (Å²) < 4.78 is 23.6. The highest BCUT2D eigenvalue weighted by molar-refractivity contribution is 6.24. The van der Waals surface area contributed by atoms with Crippen LogP contribution in [0.3, 0.4) is 0 Å². The number of amides is 2. The van der Waals surface area contributed by atoms with Crippen LogP contribution >= 0.6 is 0 Å². The van der Waals surface area contributed by atoms with E-state index in [0.717, 1.165) is 11.1 Å². The number of para-hydroxylation sites is 1. The fourth-order valence-corrected chi connectivity index (χ4v) is 5.82. The summed E-state index contributed by atoms with van der Waals surface area (Å²) in [6.07, 6.45) is -2.71. The third-order valence-electron chi connectivity index (χ3n) is 7.22. The molecule has 10 nitrogen and oxygen atoms in total. The Morgan fingerprint density at radius 3 is 2.31 bits per heavy atom. The molecule has 190 valence electrons. The van der Waals surface area contributed by atoms with Crippen LogP contribution in [0, 0.1) is 5.92 Å². The van der Waals surface area contributed by atoms with E-state index in [4.69, 9.17) is 23.8 Å². The maximum absolute atomic E-state index is 13.9. The summed E-state index contributed by atoms with van der Waals surface area (Å²) in [4.78, 5) is 46.6. The van der Waals surface area contributed by atoms with Gasteiger partial charge in [0.05, 0.1) is 17.6 Å². The van der Waals surface area contributed by atoms with Gasteiger partial charge in [-0.05, 0) is 37.8 Å². The minimum Gasteiger partial charge on any atom is -0.457 e. The Labute approximate surface area is 204 Å². The van der Waals surface area contributed by atoms with E-state index in [-0.39, 0.29) is 5.91 Å². The monoisotopic (exact) mass is 488 g/mol. The first-order valence-electron chi connectivity index (χ1n) is 12.1. The Bertz CT molecular complexity index is 1040. The minimum absolute atomic E-state index is 0.352. The molecule has 4 saturated heterocycles. The molecule has 35 heavy (non-hydrogen) atoms. The van der Waals surface area contributed by atoms with Crippen LogP contribution in [0.1, 0.15) is 45.7 Å². The van der Waals surface area contributed by atoms with Gasteiger partial charge in [-0.25, -0.2) is 4.90 Å². The zero-order valence-corrected chi connectivity index (χ0v) is 20.8. The van der Waals surface area contributed by atoms with Crippen molar-refractivity contribution in [3.8, 4) is 0 Å². The van der Waals surface area contributed by atoms with Gasteiger partial charge in [0.25, 0.3) is 5.91 Å². The molecule has 4 heterocycles. The van der Waals surface area contributed by atoms with E-state index in [1.54, 1.807) is 20.9 Å². The molecule has 0 bridgehead atoms. The first kappa shape index (κ1) is 24.3. The second-order valence-corrected chi connectivity index (χ2v) is 9.88. The molecule has 7 atom stereocenters. The van der Waals surface area contributed by atoms with Gasteiger partial charge >= 0.3 is 5.97 Å². The van der Waals surface area contributed by atoms with Gasteiger partial charge in [-0.2, -0.15) is 5.06 Å². The topological polar surface area (TPSA) is 104 Å². The number of anilines is 1. The summed E-state index contributed by atoms with van der Waals surface area (Å²) in [5, 5.41) is 1.47. The highest BCUT2D eigenvalue weighted by Crippen LogP contribution is 2.46. The number of rotatable bonds is 5. The Morgan fingerprint density at radius 1 is 1.06 bits per heavy atom. The van der Waals surface area contributed by atoms with Crippen molar-refractivity contribution in [3.05, 3.63) is 29.3 Å². The van der Waals surface area contributed by atoms with Crippen molar-refractivity contribution in [1.82, 2.24) is 5.06 Å². The molecule has 2 amide bonds. The lowest BCUT2D eigenvalue weighted by atomic mass is 9.89. The number of aryl methyl sites for hydroxylation is 2. The maximum atomic E-state index is 13.9. The molecule has 4 aliphatic heterocycles. The zero-order chi connectivity index (χ0) is 25.2. The van der Waals surface area contributed by atoms with E-state index < -0.39 is 60.3 Å². The number of imide groups is 1. The van der Waals surface area contributed by atoms with Gasteiger partial charge in [0.15, 0.2) is 30.4 Å². The summed E-state index contributed by atoms with van der Waals surface area (Å²) >= 11 is 0. The molecule has 10 heteroatoms. The fourth-order valence-electron chi connectivity index (χ4n) is 5.82. The number of hydrogen-bond acceptors (Lipinski definition) is 9. The van der Waals surface area contributed by atoms with Crippen LogP contribution in [-0.4, -0.2) is 72.4 Å². The van der Waals surface area contributed by atoms with Gasteiger partial charge < -0.3 is 18.9 Å². The van der Waals surface area contributed by atoms with Crippen molar-refractivity contribution in [2.24, 2.45) is 5.92 Å². The number of ether oxygens (including phenoxy) is 4. The Morgan fingerprint density at radius 2 is 1.71 bits per heavy atom. The molecule has 0 spiro atoms. The summed E-state index contributed by atoms with van der Waals surface area (Å²) in [5.41, 5.74) is 2.48. The predicted molar refractivity (Wildman–Crippen MR) is 122 cm³/mol. The number of hydroxylamine groups is 2. The predicted octanol–water partition coefficient (Wildman–Crippen LogP) is 1.72. The second-order valence-electron chi connectivity index (χ2n) is 9.88. The molecular weight excluding hydrogens is 456 g/mol.